The average Bonchev–Trinajstić information content (AvgIpc) is 2.51. The van der Waals surface area contributed by atoms with Crippen molar-refractivity contribution in [1.29, 1.82) is 0 Å². The van der Waals surface area contributed by atoms with Gasteiger partial charge >= 0.3 is 0 Å². The number of allylic oxidation sites excluding steroid dienone is 3. The number of hydrogen-bond donors (Lipinski definition) is 0. The highest BCUT2D eigenvalue weighted by atomic mass is 16.5. The lowest BCUT2D eigenvalue weighted by Gasteiger charge is -2.27. The average molecular weight is 273 g/mol. The van der Waals surface area contributed by atoms with Crippen molar-refractivity contribution in [3.05, 3.63) is 49.3 Å². The second-order valence-electron chi connectivity index (χ2n) is 4.24. The molecular weight excluding hydrogens is 250 g/mol. The van der Waals surface area contributed by atoms with Crippen LogP contribution in [-0.4, -0.2) is 36.3 Å². The highest BCUT2D eigenvalue weighted by Crippen LogP contribution is 2.18. The van der Waals surface area contributed by atoms with E-state index in [-0.39, 0.29) is 0 Å². The quantitative estimate of drug-likeness (QED) is 0.627. The van der Waals surface area contributed by atoms with Crippen LogP contribution in [0.1, 0.15) is 18.3 Å². The molecule has 1 aromatic heterocycles. The Bertz CT molecular complexity index is 477. The zero-order valence-electron chi connectivity index (χ0n) is 12.4. The first kappa shape index (κ1) is 16.1. The minimum atomic E-state index is 0.741. The molecule has 4 heteroatoms. The number of hydrogen-bond acceptors (Lipinski definition) is 4. The van der Waals surface area contributed by atoms with Crippen LogP contribution < -0.4 is 4.90 Å². The van der Waals surface area contributed by atoms with Gasteiger partial charge in [-0.1, -0.05) is 18.7 Å². The van der Waals surface area contributed by atoms with Gasteiger partial charge in [-0.3, -0.25) is 0 Å². The third-order valence-electron chi connectivity index (χ3n) is 2.96. The van der Waals surface area contributed by atoms with Crippen LogP contribution in [0.2, 0.25) is 0 Å². The molecule has 1 aromatic rings. The molecule has 0 unspecified atom stereocenters. The van der Waals surface area contributed by atoms with Crippen LogP contribution >= 0.6 is 0 Å². The number of nitrogens with zero attached hydrogens (tertiary/aromatic N) is 3. The number of morpholine rings is 1. The Morgan fingerprint density at radius 1 is 1.30 bits per heavy atom. The van der Waals surface area contributed by atoms with Crippen LogP contribution in [0, 0.1) is 6.92 Å². The molecule has 2 rings (SSSR count). The van der Waals surface area contributed by atoms with Crippen LogP contribution in [0.5, 0.6) is 0 Å². The van der Waals surface area contributed by atoms with E-state index in [4.69, 9.17) is 4.74 Å². The molecule has 0 atom stereocenters. The van der Waals surface area contributed by atoms with Gasteiger partial charge in [-0.25, -0.2) is 9.97 Å². The summed E-state index contributed by atoms with van der Waals surface area (Å²) in [7, 11) is 0. The first-order valence-corrected chi connectivity index (χ1v) is 6.72. The lowest BCUT2D eigenvalue weighted by atomic mass is 10.1. The maximum absolute atomic E-state index is 5.35. The van der Waals surface area contributed by atoms with E-state index in [2.05, 4.69) is 34.6 Å². The summed E-state index contributed by atoms with van der Waals surface area (Å²) in [6.07, 6.45) is 3.84. The second-order valence-corrected chi connectivity index (χ2v) is 4.24. The zero-order chi connectivity index (χ0) is 15.0. The molecule has 1 aliphatic heterocycles. The topological polar surface area (TPSA) is 38.2 Å². The molecule has 2 heterocycles. The summed E-state index contributed by atoms with van der Waals surface area (Å²) in [5, 5.41) is 0. The maximum atomic E-state index is 5.35. The van der Waals surface area contributed by atoms with Gasteiger partial charge < -0.3 is 9.64 Å². The maximum Gasteiger partial charge on any atom is 0.226 e. The second kappa shape index (κ2) is 8.27. The molecule has 0 bridgehead atoms. The van der Waals surface area contributed by atoms with Crippen LogP contribution in [0.15, 0.2) is 38.0 Å². The molecule has 1 aliphatic rings. The molecule has 0 aliphatic carbocycles. The first-order valence-electron chi connectivity index (χ1n) is 6.72. The van der Waals surface area contributed by atoms with E-state index >= 15 is 0 Å². The third kappa shape index (κ3) is 4.03. The Hall–Kier alpha value is -1.94. The highest BCUT2D eigenvalue weighted by molar-refractivity contribution is 5.71. The summed E-state index contributed by atoms with van der Waals surface area (Å²) in [6, 6.07) is 1.99. The van der Waals surface area contributed by atoms with E-state index < -0.39 is 0 Å². The predicted molar refractivity (Wildman–Crippen MR) is 84.9 cm³/mol. The first-order chi connectivity index (χ1) is 9.74. The summed E-state index contributed by atoms with van der Waals surface area (Å²) < 4.78 is 5.35. The smallest absolute Gasteiger partial charge is 0.226 e. The molecule has 0 radical (unpaired) electrons. The van der Waals surface area contributed by atoms with E-state index in [0.29, 0.717) is 0 Å². The largest absolute Gasteiger partial charge is 0.378 e. The normalized spacial score (nSPS) is 15.3. The number of aromatic nitrogens is 2. The molecule has 108 valence electrons. The minimum Gasteiger partial charge on any atom is -0.378 e. The summed E-state index contributed by atoms with van der Waals surface area (Å²) in [5.74, 6) is 0.787. The van der Waals surface area contributed by atoms with Gasteiger partial charge in [0.25, 0.3) is 0 Å². The van der Waals surface area contributed by atoms with E-state index in [0.717, 1.165) is 49.2 Å². The molecule has 0 spiro atoms. The molecule has 1 fully saturated rings. The van der Waals surface area contributed by atoms with Crippen molar-refractivity contribution in [2.24, 2.45) is 0 Å². The molecular formula is C16H23N3O. The van der Waals surface area contributed by atoms with Gasteiger partial charge in [0.05, 0.1) is 18.9 Å². The SMILES string of the molecule is C=C.C=C/C(=C\C)c1cc(C)nc(N2CCOCC2)n1. The number of rotatable bonds is 3. The van der Waals surface area contributed by atoms with Crippen LogP contribution in [0.25, 0.3) is 5.57 Å². The van der Waals surface area contributed by atoms with Gasteiger partial charge in [0, 0.05) is 18.8 Å². The van der Waals surface area contributed by atoms with Gasteiger partial charge in [0.1, 0.15) is 0 Å². The van der Waals surface area contributed by atoms with Gasteiger partial charge in [0.2, 0.25) is 5.95 Å². The molecule has 20 heavy (non-hydrogen) atoms. The summed E-state index contributed by atoms with van der Waals surface area (Å²) in [6.45, 7) is 17.0. The highest BCUT2D eigenvalue weighted by Gasteiger charge is 2.15. The van der Waals surface area contributed by atoms with Crippen molar-refractivity contribution in [1.82, 2.24) is 9.97 Å². The fourth-order valence-corrected chi connectivity index (χ4v) is 1.98. The van der Waals surface area contributed by atoms with E-state index in [1.807, 2.05) is 32.1 Å². The lowest BCUT2D eigenvalue weighted by molar-refractivity contribution is 0.122. The standard InChI is InChI=1S/C14H19N3O.C2H4/c1-4-12(5-2)13-10-11(3)15-14(16-13)17-6-8-18-9-7-17;1-2/h4-5,10H,1,6-9H2,2-3H3;1-2H2/b12-5+;. The number of anilines is 1. The van der Waals surface area contributed by atoms with Crippen LogP contribution in [0.3, 0.4) is 0 Å². The van der Waals surface area contributed by atoms with Crippen LogP contribution in [0.4, 0.5) is 5.95 Å². The Labute approximate surface area is 121 Å². The summed E-state index contributed by atoms with van der Waals surface area (Å²) >= 11 is 0. The Morgan fingerprint density at radius 2 is 1.95 bits per heavy atom. The van der Waals surface area contributed by atoms with Gasteiger partial charge in [-0.05, 0) is 25.5 Å². The summed E-state index contributed by atoms with van der Waals surface area (Å²) in [5.41, 5.74) is 2.94. The van der Waals surface area contributed by atoms with Crippen molar-refractivity contribution in [3.63, 3.8) is 0 Å². The van der Waals surface area contributed by atoms with Crippen molar-refractivity contribution >= 4 is 11.5 Å². The van der Waals surface area contributed by atoms with Crippen molar-refractivity contribution in [2.45, 2.75) is 13.8 Å². The Balaban J connectivity index is 0.000000956. The van der Waals surface area contributed by atoms with Gasteiger partial charge in [-0.15, -0.1) is 13.2 Å². The molecule has 1 saturated heterocycles. The zero-order valence-corrected chi connectivity index (χ0v) is 12.4. The molecule has 0 saturated carbocycles. The summed E-state index contributed by atoms with van der Waals surface area (Å²) in [4.78, 5) is 11.3. The fourth-order valence-electron chi connectivity index (χ4n) is 1.98. The lowest BCUT2D eigenvalue weighted by Crippen LogP contribution is -2.37. The molecule has 0 amide bonds. The molecule has 0 N–H and O–H groups in total. The fraction of sp³-hybridized carbons (Fsp3) is 0.375. The Kier molecular flexibility index (Phi) is 6.67. The van der Waals surface area contributed by atoms with Crippen molar-refractivity contribution < 1.29 is 4.74 Å². The van der Waals surface area contributed by atoms with Crippen molar-refractivity contribution in [3.8, 4) is 0 Å². The Morgan fingerprint density at radius 3 is 2.50 bits per heavy atom. The molecule has 0 aromatic carbocycles. The van der Waals surface area contributed by atoms with Gasteiger partial charge in [0.15, 0.2) is 0 Å². The van der Waals surface area contributed by atoms with Crippen LogP contribution in [-0.2, 0) is 4.74 Å². The minimum absolute atomic E-state index is 0.741. The monoisotopic (exact) mass is 273 g/mol. The number of ether oxygens (including phenoxy) is 1. The van der Waals surface area contributed by atoms with Gasteiger partial charge in [-0.2, -0.15) is 0 Å². The van der Waals surface area contributed by atoms with E-state index in [1.54, 1.807) is 0 Å². The van der Waals surface area contributed by atoms with Crippen molar-refractivity contribution in [2.75, 3.05) is 31.2 Å². The molecule has 4 nitrogen and oxygen atoms in total. The van der Waals surface area contributed by atoms with E-state index in [9.17, 15) is 0 Å². The van der Waals surface area contributed by atoms with E-state index in [1.165, 1.54) is 0 Å². The predicted octanol–water partition coefficient (Wildman–Crippen LogP) is 3.01. The third-order valence-corrected chi connectivity index (χ3v) is 2.96. The number of aryl methyl sites for hydroxylation is 1.